The first-order valence-corrected chi connectivity index (χ1v) is 8.98. The molecule has 0 spiro atoms. The Hall–Kier alpha value is -2.04. The molecule has 118 valence electrons. The Morgan fingerprint density at radius 3 is 2.48 bits per heavy atom. The normalized spacial score (nSPS) is 11.7. The maximum Gasteiger partial charge on any atom is 0.268 e. The van der Waals surface area contributed by atoms with Crippen molar-refractivity contribution in [2.75, 3.05) is 0 Å². The van der Waals surface area contributed by atoms with Crippen molar-refractivity contribution >= 4 is 32.5 Å². The lowest BCUT2D eigenvalue weighted by molar-refractivity contribution is 0.587. The molecule has 0 radical (unpaired) electrons. The predicted octanol–water partition coefficient (Wildman–Crippen LogP) is 4.57. The summed E-state index contributed by atoms with van der Waals surface area (Å²) in [6, 6.07) is 13.9. The molecule has 0 aliphatic carbocycles. The minimum atomic E-state index is -3.68. The van der Waals surface area contributed by atoms with Gasteiger partial charge in [-0.2, -0.15) is 0 Å². The molecular weight excluding hydrogens is 330 g/mol. The Bertz CT molecular complexity index is 986. The van der Waals surface area contributed by atoms with Gasteiger partial charge in [-0.15, -0.1) is 6.58 Å². The van der Waals surface area contributed by atoms with E-state index in [1.165, 1.54) is 3.97 Å². The fraction of sp³-hybridized carbons (Fsp3) is 0.111. The number of aromatic nitrogens is 1. The number of benzene rings is 2. The van der Waals surface area contributed by atoms with Crippen molar-refractivity contribution in [3.8, 4) is 0 Å². The summed E-state index contributed by atoms with van der Waals surface area (Å²) in [4.78, 5) is 0.265. The van der Waals surface area contributed by atoms with E-state index in [9.17, 15) is 8.42 Å². The second-order valence-corrected chi connectivity index (χ2v) is 7.64. The molecular formula is C18H16ClNO2S. The van der Waals surface area contributed by atoms with Crippen molar-refractivity contribution in [2.24, 2.45) is 0 Å². The van der Waals surface area contributed by atoms with Crippen molar-refractivity contribution in [1.82, 2.24) is 3.97 Å². The molecule has 3 rings (SSSR count). The van der Waals surface area contributed by atoms with E-state index in [1.807, 2.05) is 13.0 Å². The van der Waals surface area contributed by atoms with Gasteiger partial charge in [0.2, 0.25) is 0 Å². The lowest BCUT2D eigenvalue weighted by atomic mass is 10.2. The number of rotatable bonds is 4. The molecule has 5 heteroatoms. The molecule has 0 aliphatic heterocycles. The number of nitrogens with zero attached hydrogens (tertiary/aromatic N) is 1. The zero-order chi connectivity index (χ0) is 16.6. The van der Waals surface area contributed by atoms with Crippen LogP contribution in [0.2, 0.25) is 5.02 Å². The number of aryl methyl sites for hydroxylation is 1. The van der Waals surface area contributed by atoms with Crippen LogP contribution in [0.4, 0.5) is 0 Å². The van der Waals surface area contributed by atoms with Crippen LogP contribution < -0.4 is 0 Å². The van der Waals surface area contributed by atoms with Crippen LogP contribution in [-0.4, -0.2) is 12.4 Å². The van der Waals surface area contributed by atoms with Gasteiger partial charge >= 0.3 is 0 Å². The highest BCUT2D eigenvalue weighted by atomic mass is 35.5. The van der Waals surface area contributed by atoms with Crippen LogP contribution in [0.15, 0.2) is 66.1 Å². The average Bonchev–Trinajstić information content (AvgIpc) is 2.85. The first-order chi connectivity index (χ1) is 10.9. The zero-order valence-corrected chi connectivity index (χ0v) is 14.2. The Kier molecular flexibility index (Phi) is 4.04. The van der Waals surface area contributed by atoms with E-state index in [4.69, 9.17) is 11.6 Å². The molecule has 0 fully saturated rings. The van der Waals surface area contributed by atoms with Crippen LogP contribution in [0.5, 0.6) is 0 Å². The number of fused-ring (bicyclic) bond motifs is 1. The first-order valence-electron chi connectivity index (χ1n) is 7.16. The molecule has 0 unspecified atom stereocenters. The van der Waals surface area contributed by atoms with Gasteiger partial charge in [0.15, 0.2) is 0 Å². The third-order valence-corrected chi connectivity index (χ3v) is 5.72. The van der Waals surface area contributed by atoms with Gasteiger partial charge in [-0.05, 0) is 43.3 Å². The zero-order valence-electron chi connectivity index (χ0n) is 12.7. The summed E-state index contributed by atoms with van der Waals surface area (Å²) >= 11 is 6.03. The highest BCUT2D eigenvalue weighted by molar-refractivity contribution is 7.90. The molecule has 0 bridgehead atoms. The highest BCUT2D eigenvalue weighted by Gasteiger charge is 2.22. The van der Waals surface area contributed by atoms with Crippen molar-refractivity contribution in [1.29, 1.82) is 0 Å². The molecule has 0 aliphatic rings. The lowest BCUT2D eigenvalue weighted by Crippen LogP contribution is -2.15. The fourth-order valence-corrected chi connectivity index (χ4v) is 4.34. The van der Waals surface area contributed by atoms with Crippen molar-refractivity contribution < 1.29 is 8.42 Å². The smallest absolute Gasteiger partial charge is 0.238 e. The second-order valence-electron chi connectivity index (χ2n) is 5.41. The summed E-state index contributed by atoms with van der Waals surface area (Å²) in [6.45, 7) is 5.64. The molecule has 0 amide bonds. The number of hydrogen-bond donors (Lipinski definition) is 0. The topological polar surface area (TPSA) is 39.1 Å². The van der Waals surface area contributed by atoms with Crippen LogP contribution >= 0.6 is 11.6 Å². The molecule has 0 N–H and O–H groups in total. The Balaban J connectivity index is 2.30. The largest absolute Gasteiger partial charge is 0.268 e. The van der Waals surface area contributed by atoms with Crippen LogP contribution in [0.25, 0.3) is 10.9 Å². The minimum absolute atomic E-state index is 0.265. The van der Waals surface area contributed by atoms with E-state index in [1.54, 1.807) is 48.5 Å². The maximum atomic E-state index is 13.1. The third kappa shape index (κ3) is 2.80. The van der Waals surface area contributed by atoms with E-state index in [-0.39, 0.29) is 4.90 Å². The second kappa shape index (κ2) is 5.87. The summed E-state index contributed by atoms with van der Waals surface area (Å²) in [5, 5.41) is 1.37. The first kappa shape index (κ1) is 15.8. The van der Waals surface area contributed by atoms with Crippen LogP contribution in [-0.2, 0) is 16.4 Å². The van der Waals surface area contributed by atoms with Gasteiger partial charge < -0.3 is 0 Å². The molecule has 23 heavy (non-hydrogen) atoms. The number of allylic oxidation sites excluding steroid dienone is 1. The van der Waals surface area contributed by atoms with Gasteiger partial charge in [-0.3, -0.25) is 0 Å². The van der Waals surface area contributed by atoms with E-state index < -0.39 is 10.0 Å². The molecule has 0 atom stereocenters. The van der Waals surface area contributed by atoms with Crippen molar-refractivity contribution in [3.63, 3.8) is 0 Å². The molecule has 3 nitrogen and oxygen atoms in total. The quantitative estimate of drug-likeness (QED) is 0.650. The van der Waals surface area contributed by atoms with Crippen LogP contribution in [0.1, 0.15) is 11.3 Å². The summed E-state index contributed by atoms with van der Waals surface area (Å²) in [6.07, 6.45) is 2.15. The number of hydrogen-bond acceptors (Lipinski definition) is 2. The third-order valence-electron chi connectivity index (χ3n) is 3.70. The Morgan fingerprint density at radius 2 is 1.83 bits per heavy atom. The summed E-state index contributed by atoms with van der Waals surface area (Å²) < 4.78 is 27.6. The lowest BCUT2D eigenvalue weighted by Gasteiger charge is -2.11. The van der Waals surface area contributed by atoms with Crippen molar-refractivity contribution in [2.45, 2.75) is 18.2 Å². The summed E-state index contributed by atoms with van der Waals surface area (Å²) in [7, 11) is -3.68. The monoisotopic (exact) mass is 345 g/mol. The molecule has 1 aromatic heterocycles. The maximum absolute atomic E-state index is 13.1. The molecule has 3 aromatic rings. The van der Waals surface area contributed by atoms with E-state index in [0.717, 1.165) is 10.9 Å². The summed E-state index contributed by atoms with van der Waals surface area (Å²) in [5.74, 6) is 0. The standard InChI is InChI=1S/C18H16ClNO2S/c1-3-4-16-12-14-11-15(19)7-10-18(14)20(16)23(21,22)17-8-5-13(2)6-9-17/h3,5-12H,1,4H2,2H3. The van der Waals surface area contributed by atoms with Gasteiger partial charge in [0, 0.05) is 22.5 Å². The minimum Gasteiger partial charge on any atom is -0.238 e. The predicted molar refractivity (Wildman–Crippen MR) is 94.6 cm³/mol. The molecule has 0 saturated heterocycles. The van der Waals surface area contributed by atoms with Gasteiger partial charge in [0.05, 0.1) is 10.4 Å². The summed E-state index contributed by atoms with van der Waals surface area (Å²) in [5.41, 5.74) is 2.30. The van der Waals surface area contributed by atoms with Gasteiger partial charge in [-0.1, -0.05) is 35.4 Å². The SMILES string of the molecule is C=CCc1cc2cc(Cl)ccc2n1S(=O)(=O)c1ccc(C)cc1. The van der Waals surface area contributed by atoms with Gasteiger partial charge in [-0.25, -0.2) is 12.4 Å². The van der Waals surface area contributed by atoms with E-state index in [0.29, 0.717) is 22.7 Å². The van der Waals surface area contributed by atoms with Crippen LogP contribution in [0, 0.1) is 6.92 Å². The molecule has 2 aromatic carbocycles. The van der Waals surface area contributed by atoms with Crippen LogP contribution in [0.3, 0.4) is 0 Å². The van der Waals surface area contributed by atoms with Crippen molar-refractivity contribution in [3.05, 3.63) is 77.5 Å². The number of halogens is 1. The Labute approximate surface area is 140 Å². The average molecular weight is 346 g/mol. The Morgan fingerprint density at radius 1 is 1.13 bits per heavy atom. The van der Waals surface area contributed by atoms with E-state index >= 15 is 0 Å². The van der Waals surface area contributed by atoms with E-state index in [2.05, 4.69) is 6.58 Å². The molecule has 0 saturated carbocycles. The van der Waals surface area contributed by atoms with Gasteiger partial charge in [0.1, 0.15) is 0 Å². The fourth-order valence-electron chi connectivity index (χ4n) is 2.61. The highest BCUT2D eigenvalue weighted by Crippen LogP contribution is 2.28. The molecule has 1 heterocycles. The van der Waals surface area contributed by atoms with Gasteiger partial charge in [0.25, 0.3) is 10.0 Å².